The molecule has 5 rings (SSSR count). The molecule has 0 saturated carbocycles. The Kier molecular flexibility index (Phi) is 5.08. The van der Waals surface area contributed by atoms with Crippen molar-refractivity contribution in [2.45, 2.75) is 58.4 Å². The summed E-state index contributed by atoms with van der Waals surface area (Å²) in [5.41, 5.74) is 1.86. The van der Waals surface area contributed by atoms with Gasteiger partial charge in [0.1, 0.15) is 5.54 Å². The summed E-state index contributed by atoms with van der Waals surface area (Å²) in [6.45, 7) is 11.3. The monoisotopic (exact) mass is 437 g/mol. The first kappa shape index (κ1) is 21.1. The quantitative estimate of drug-likeness (QED) is 0.614. The largest absolute Gasteiger partial charge is 0.376 e. The number of hydrogen-bond acceptors (Lipinski definition) is 6. The maximum atomic E-state index is 12.5. The molecule has 2 fully saturated rings. The van der Waals surface area contributed by atoms with Crippen LogP contribution in [0.5, 0.6) is 0 Å². The lowest BCUT2D eigenvalue weighted by atomic mass is 9.90. The minimum Gasteiger partial charge on any atom is -0.376 e. The van der Waals surface area contributed by atoms with Gasteiger partial charge in [-0.2, -0.15) is 10.1 Å². The molecule has 32 heavy (non-hydrogen) atoms. The third-order valence-corrected chi connectivity index (χ3v) is 6.49. The molecule has 2 aliphatic heterocycles. The molecule has 1 aromatic carbocycles. The number of carbonyl (C=O) groups is 1. The third-order valence-electron chi connectivity index (χ3n) is 6.49. The number of nitrogens with zero attached hydrogens (tertiary/aromatic N) is 5. The highest BCUT2D eigenvalue weighted by atomic mass is 16.5. The summed E-state index contributed by atoms with van der Waals surface area (Å²) in [5.74, 6) is 1.68. The first-order valence-electron chi connectivity index (χ1n) is 11.4. The van der Waals surface area contributed by atoms with Crippen molar-refractivity contribution in [3.63, 3.8) is 0 Å². The molecule has 0 radical (unpaired) electrons. The van der Waals surface area contributed by atoms with Gasteiger partial charge in [-0.15, -0.1) is 0 Å². The number of piperidine rings is 1. The second kappa shape index (κ2) is 7.69. The number of carbonyl (C=O) groups excluding carboxylic acids is 1. The lowest BCUT2D eigenvalue weighted by Crippen LogP contribution is -2.49. The Balaban J connectivity index is 1.30. The van der Waals surface area contributed by atoms with Gasteiger partial charge in [0.25, 0.3) is 0 Å². The summed E-state index contributed by atoms with van der Waals surface area (Å²) in [5, 5.41) is 9.93. The molecule has 2 aliphatic rings. The molecule has 0 atom stereocenters. The van der Waals surface area contributed by atoms with Crippen molar-refractivity contribution in [1.82, 2.24) is 24.8 Å². The summed E-state index contributed by atoms with van der Waals surface area (Å²) < 4.78 is 13.1. The molecule has 170 valence electrons. The van der Waals surface area contributed by atoms with Crippen LogP contribution in [0, 0.1) is 5.41 Å². The van der Waals surface area contributed by atoms with Gasteiger partial charge in [0, 0.05) is 36.4 Å². The molecule has 4 heterocycles. The average molecular weight is 438 g/mol. The Morgan fingerprint density at radius 2 is 1.97 bits per heavy atom. The van der Waals surface area contributed by atoms with Gasteiger partial charge in [0.2, 0.25) is 17.6 Å². The van der Waals surface area contributed by atoms with Gasteiger partial charge in [-0.3, -0.25) is 9.48 Å². The summed E-state index contributed by atoms with van der Waals surface area (Å²) >= 11 is 0. The van der Waals surface area contributed by atoms with E-state index < -0.39 is 0 Å². The Labute approximate surface area is 187 Å². The fourth-order valence-electron chi connectivity index (χ4n) is 4.57. The third kappa shape index (κ3) is 3.92. The van der Waals surface area contributed by atoms with Crippen molar-refractivity contribution in [3.8, 4) is 11.4 Å². The predicted octanol–water partition coefficient (Wildman–Crippen LogP) is 3.97. The highest BCUT2D eigenvalue weighted by molar-refractivity contribution is 5.83. The fourth-order valence-corrected chi connectivity index (χ4v) is 4.57. The van der Waals surface area contributed by atoms with E-state index in [1.807, 2.05) is 27.9 Å². The number of likely N-dealkylation sites (tertiary alicyclic amines) is 1. The Morgan fingerprint density at radius 1 is 1.22 bits per heavy atom. The molecule has 3 aromatic rings. The summed E-state index contributed by atoms with van der Waals surface area (Å²) in [6.07, 6.45) is 4.16. The van der Waals surface area contributed by atoms with E-state index in [1.165, 1.54) is 0 Å². The van der Waals surface area contributed by atoms with Crippen LogP contribution in [0.25, 0.3) is 22.3 Å². The smallest absolute Gasteiger partial charge is 0.230 e. The van der Waals surface area contributed by atoms with Crippen molar-refractivity contribution in [2.75, 3.05) is 26.3 Å². The lowest BCUT2D eigenvalue weighted by Gasteiger charge is -2.38. The molecule has 0 bridgehead atoms. The molecule has 2 aromatic heterocycles. The second-order valence-corrected chi connectivity index (χ2v) is 10.7. The topological polar surface area (TPSA) is 86.3 Å². The van der Waals surface area contributed by atoms with Crippen LogP contribution in [0.1, 0.15) is 58.8 Å². The molecule has 0 N–H and O–H groups in total. The van der Waals surface area contributed by atoms with Crippen LogP contribution in [0.4, 0.5) is 0 Å². The van der Waals surface area contributed by atoms with Crippen molar-refractivity contribution in [3.05, 3.63) is 30.3 Å². The van der Waals surface area contributed by atoms with Crippen LogP contribution in [-0.4, -0.2) is 57.0 Å². The van der Waals surface area contributed by atoms with Gasteiger partial charge in [-0.25, -0.2) is 0 Å². The maximum Gasteiger partial charge on any atom is 0.230 e. The molecule has 0 spiro atoms. The minimum absolute atomic E-state index is 0.00881. The normalized spacial score (nSPS) is 19.3. The van der Waals surface area contributed by atoms with Gasteiger partial charge >= 0.3 is 0 Å². The van der Waals surface area contributed by atoms with Crippen LogP contribution in [0.3, 0.4) is 0 Å². The van der Waals surface area contributed by atoms with Gasteiger partial charge < -0.3 is 14.2 Å². The van der Waals surface area contributed by atoms with E-state index >= 15 is 0 Å². The van der Waals surface area contributed by atoms with E-state index in [4.69, 9.17) is 14.2 Å². The van der Waals surface area contributed by atoms with E-state index in [2.05, 4.69) is 44.0 Å². The minimum atomic E-state index is -0.110. The molecule has 8 nitrogen and oxygen atoms in total. The maximum absolute atomic E-state index is 12.5. The van der Waals surface area contributed by atoms with E-state index in [0.717, 1.165) is 42.4 Å². The average Bonchev–Trinajstić information content (AvgIpc) is 3.38. The van der Waals surface area contributed by atoms with Gasteiger partial charge in [0.15, 0.2) is 0 Å². The number of fused-ring (bicyclic) bond motifs is 1. The summed E-state index contributed by atoms with van der Waals surface area (Å²) in [6, 6.07) is 6.14. The van der Waals surface area contributed by atoms with Gasteiger partial charge in [0.05, 0.1) is 24.9 Å². The summed E-state index contributed by atoms with van der Waals surface area (Å²) in [7, 11) is 0. The lowest BCUT2D eigenvalue weighted by molar-refractivity contribution is -0.134. The van der Waals surface area contributed by atoms with E-state index in [1.54, 1.807) is 0 Å². The molecule has 0 unspecified atom stereocenters. The van der Waals surface area contributed by atoms with E-state index in [0.29, 0.717) is 31.3 Å². The number of benzene rings is 1. The predicted molar refractivity (Wildman–Crippen MR) is 120 cm³/mol. The number of aromatic nitrogens is 4. The molecule has 1 amide bonds. The molecular weight excluding hydrogens is 406 g/mol. The van der Waals surface area contributed by atoms with Crippen LogP contribution >= 0.6 is 0 Å². The highest BCUT2D eigenvalue weighted by Gasteiger charge is 2.37. The first-order chi connectivity index (χ1) is 15.2. The number of ether oxygens (including phenoxy) is 1. The number of rotatable bonds is 4. The number of amides is 1. The van der Waals surface area contributed by atoms with Gasteiger partial charge in [-0.05, 0) is 31.2 Å². The Hall–Kier alpha value is -2.74. The van der Waals surface area contributed by atoms with Crippen LogP contribution < -0.4 is 0 Å². The zero-order chi connectivity index (χ0) is 22.5. The summed E-state index contributed by atoms with van der Waals surface area (Å²) in [4.78, 5) is 19.2. The van der Waals surface area contributed by atoms with Gasteiger partial charge in [-0.1, -0.05) is 38.1 Å². The first-order valence-corrected chi connectivity index (χ1v) is 11.4. The van der Waals surface area contributed by atoms with Crippen LogP contribution in [0.2, 0.25) is 0 Å². The van der Waals surface area contributed by atoms with Crippen molar-refractivity contribution < 1.29 is 14.1 Å². The zero-order valence-electron chi connectivity index (χ0n) is 19.3. The molecule has 8 heteroatoms. The van der Waals surface area contributed by atoms with E-state index in [9.17, 15) is 4.79 Å². The molecular formula is C24H31N5O3. The van der Waals surface area contributed by atoms with Crippen molar-refractivity contribution in [2.24, 2.45) is 5.41 Å². The molecule has 0 aliphatic carbocycles. The zero-order valence-corrected chi connectivity index (χ0v) is 19.3. The van der Waals surface area contributed by atoms with Crippen LogP contribution in [0.15, 0.2) is 28.9 Å². The second-order valence-electron chi connectivity index (χ2n) is 10.7. The Bertz CT molecular complexity index is 1130. The van der Waals surface area contributed by atoms with Crippen LogP contribution in [-0.2, 0) is 15.1 Å². The van der Waals surface area contributed by atoms with Crippen molar-refractivity contribution >= 4 is 16.8 Å². The van der Waals surface area contributed by atoms with Crippen molar-refractivity contribution in [1.29, 1.82) is 0 Å². The SMILES string of the molecule is CC(C)(C)CC(=O)N1CCC(c2nc(-c3ccc4cnn(C5(C)COC5)c4c3)no2)CC1. The Morgan fingerprint density at radius 3 is 2.62 bits per heavy atom. The standard InChI is InChI=1S/C24H31N5O3/c1-23(2,3)12-20(30)28-9-7-16(8-10-28)22-26-21(27-32-22)17-5-6-18-13-25-29(19(18)11-17)24(4)14-31-15-24/h5-6,11,13,16H,7-10,12,14-15H2,1-4H3. The molecule has 2 saturated heterocycles. The number of hydrogen-bond donors (Lipinski definition) is 0. The van der Waals surface area contributed by atoms with E-state index in [-0.39, 0.29) is 22.8 Å². The highest BCUT2D eigenvalue weighted by Crippen LogP contribution is 2.33. The fraction of sp³-hybridized carbons (Fsp3) is 0.583.